The van der Waals surface area contributed by atoms with Gasteiger partial charge in [0.15, 0.2) is 0 Å². The molecule has 0 saturated heterocycles. The number of hydrogen-bond acceptors (Lipinski definition) is 3. The van der Waals surface area contributed by atoms with E-state index in [2.05, 4.69) is 15.3 Å². The van der Waals surface area contributed by atoms with Crippen molar-refractivity contribution in [2.24, 2.45) is 0 Å². The van der Waals surface area contributed by atoms with Crippen molar-refractivity contribution >= 4 is 23.0 Å². The number of rotatable bonds is 3. The third kappa shape index (κ3) is 3.35. The third-order valence-electron chi connectivity index (χ3n) is 2.86. The molecule has 0 atom stereocenters. The zero-order valence-corrected chi connectivity index (χ0v) is 11.7. The molecule has 5 heteroatoms. The topological polar surface area (TPSA) is 37.8 Å². The lowest BCUT2D eigenvalue weighted by atomic mass is 10.2. The van der Waals surface area contributed by atoms with Crippen molar-refractivity contribution in [1.82, 2.24) is 9.97 Å². The van der Waals surface area contributed by atoms with Gasteiger partial charge < -0.3 is 5.32 Å². The zero-order chi connectivity index (χ0) is 14.7. The van der Waals surface area contributed by atoms with Crippen LogP contribution in [0.3, 0.4) is 0 Å². The molecular formula is C16H11ClFN3. The summed E-state index contributed by atoms with van der Waals surface area (Å²) >= 11 is 6.05. The Labute approximate surface area is 126 Å². The minimum Gasteiger partial charge on any atom is -0.355 e. The van der Waals surface area contributed by atoms with E-state index >= 15 is 0 Å². The first-order valence-corrected chi connectivity index (χ1v) is 6.69. The van der Waals surface area contributed by atoms with Crippen molar-refractivity contribution in [1.29, 1.82) is 0 Å². The monoisotopic (exact) mass is 299 g/mol. The van der Waals surface area contributed by atoms with Gasteiger partial charge in [0.25, 0.3) is 0 Å². The Bertz CT molecular complexity index is 762. The van der Waals surface area contributed by atoms with E-state index in [0.29, 0.717) is 16.5 Å². The molecule has 0 aliphatic rings. The molecule has 1 N–H and O–H groups in total. The van der Waals surface area contributed by atoms with Crippen LogP contribution >= 0.6 is 11.6 Å². The first kappa shape index (κ1) is 13.5. The van der Waals surface area contributed by atoms with Gasteiger partial charge in [-0.1, -0.05) is 17.7 Å². The molecule has 0 unspecified atom stereocenters. The lowest BCUT2D eigenvalue weighted by Crippen LogP contribution is -1.94. The van der Waals surface area contributed by atoms with Crippen LogP contribution in [-0.4, -0.2) is 9.97 Å². The molecule has 0 bridgehead atoms. The second-order valence-corrected chi connectivity index (χ2v) is 4.83. The third-order valence-corrected chi connectivity index (χ3v) is 3.06. The summed E-state index contributed by atoms with van der Waals surface area (Å²) in [6.45, 7) is 0. The molecule has 21 heavy (non-hydrogen) atoms. The fourth-order valence-corrected chi connectivity index (χ4v) is 2.17. The highest BCUT2D eigenvalue weighted by molar-refractivity contribution is 6.29. The fraction of sp³-hybridized carbons (Fsp3) is 0. The van der Waals surface area contributed by atoms with Crippen molar-refractivity contribution in [2.45, 2.75) is 0 Å². The molecule has 0 saturated carbocycles. The Balaban J connectivity index is 1.95. The molecule has 3 rings (SSSR count). The summed E-state index contributed by atoms with van der Waals surface area (Å²) in [5.74, 6) is -0.298. The van der Waals surface area contributed by atoms with E-state index in [1.807, 2.05) is 18.2 Å². The number of hydrogen-bond donors (Lipinski definition) is 1. The number of pyridine rings is 2. The molecule has 0 aliphatic heterocycles. The van der Waals surface area contributed by atoms with E-state index in [1.54, 1.807) is 30.6 Å². The zero-order valence-electron chi connectivity index (χ0n) is 10.9. The smallest absolute Gasteiger partial charge is 0.131 e. The van der Waals surface area contributed by atoms with Crippen LogP contribution in [0.5, 0.6) is 0 Å². The van der Waals surface area contributed by atoms with Gasteiger partial charge in [-0.3, -0.25) is 4.98 Å². The highest BCUT2D eigenvalue weighted by Crippen LogP contribution is 2.25. The van der Waals surface area contributed by atoms with Gasteiger partial charge >= 0.3 is 0 Å². The SMILES string of the molecule is Fc1cccc(Nc2cc(Cl)nc(-c3cccnc3)c2)c1. The van der Waals surface area contributed by atoms with Gasteiger partial charge in [0.1, 0.15) is 11.0 Å². The fourth-order valence-electron chi connectivity index (χ4n) is 1.96. The normalized spacial score (nSPS) is 10.4. The Morgan fingerprint density at radius 3 is 2.67 bits per heavy atom. The highest BCUT2D eigenvalue weighted by atomic mass is 35.5. The molecule has 0 fully saturated rings. The highest BCUT2D eigenvalue weighted by Gasteiger charge is 2.05. The van der Waals surface area contributed by atoms with Gasteiger partial charge in [-0.15, -0.1) is 0 Å². The van der Waals surface area contributed by atoms with Crippen molar-refractivity contribution in [3.05, 3.63) is 71.9 Å². The average molecular weight is 300 g/mol. The van der Waals surface area contributed by atoms with E-state index in [0.717, 1.165) is 11.3 Å². The second kappa shape index (κ2) is 5.89. The van der Waals surface area contributed by atoms with Crippen LogP contribution in [0.25, 0.3) is 11.3 Å². The molecular weight excluding hydrogens is 289 g/mol. The van der Waals surface area contributed by atoms with Gasteiger partial charge in [0.05, 0.1) is 5.69 Å². The standard InChI is InChI=1S/C16H11ClFN3/c17-16-9-14(20-13-5-1-4-12(18)7-13)8-15(21-16)11-3-2-6-19-10-11/h1-10H,(H,20,21). The summed E-state index contributed by atoms with van der Waals surface area (Å²) in [4.78, 5) is 8.34. The molecule has 0 amide bonds. The summed E-state index contributed by atoms with van der Waals surface area (Å²) in [6.07, 6.45) is 3.41. The minimum atomic E-state index is -0.298. The van der Waals surface area contributed by atoms with E-state index in [-0.39, 0.29) is 5.82 Å². The predicted molar refractivity (Wildman–Crippen MR) is 82.2 cm³/mol. The van der Waals surface area contributed by atoms with Gasteiger partial charge in [-0.25, -0.2) is 9.37 Å². The summed E-state index contributed by atoms with van der Waals surface area (Å²) in [5.41, 5.74) is 2.95. The lowest BCUT2D eigenvalue weighted by Gasteiger charge is -2.09. The van der Waals surface area contributed by atoms with E-state index in [9.17, 15) is 4.39 Å². The van der Waals surface area contributed by atoms with Gasteiger partial charge in [0.2, 0.25) is 0 Å². The number of aromatic nitrogens is 2. The summed E-state index contributed by atoms with van der Waals surface area (Å²) in [7, 11) is 0. The second-order valence-electron chi connectivity index (χ2n) is 4.44. The number of anilines is 2. The van der Waals surface area contributed by atoms with Gasteiger partial charge in [-0.2, -0.15) is 0 Å². The lowest BCUT2D eigenvalue weighted by molar-refractivity contribution is 0.628. The molecule has 0 spiro atoms. The van der Waals surface area contributed by atoms with E-state index < -0.39 is 0 Å². The molecule has 3 aromatic rings. The number of benzene rings is 1. The van der Waals surface area contributed by atoms with Crippen LogP contribution in [0.1, 0.15) is 0 Å². The Morgan fingerprint density at radius 1 is 1.00 bits per heavy atom. The van der Waals surface area contributed by atoms with Crippen LogP contribution in [0.15, 0.2) is 60.9 Å². The van der Waals surface area contributed by atoms with E-state index in [4.69, 9.17) is 11.6 Å². The minimum absolute atomic E-state index is 0.298. The Hall–Kier alpha value is -2.46. The van der Waals surface area contributed by atoms with Crippen LogP contribution < -0.4 is 5.32 Å². The maximum absolute atomic E-state index is 13.2. The maximum Gasteiger partial charge on any atom is 0.131 e. The molecule has 2 heterocycles. The van der Waals surface area contributed by atoms with Gasteiger partial charge in [-0.05, 0) is 42.5 Å². The first-order valence-electron chi connectivity index (χ1n) is 6.31. The largest absolute Gasteiger partial charge is 0.355 e. The predicted octanol–water partition coefficient (Wildman–Crippen LogP) is 4.68. The molecule has 0 radical (unpaired) electrons. The number of nitrogens with zero attached hydrogens (tertiary/aromatic N) is 2. The van der Waals surface area contributed by atoms with Gasteiger partial charge in [0, 0.05) is 29.3 Å². The van der Waals surface area contributed by atoms with E-state index in [1.165, 1.54) is 12.1 Å². The van der Waals surface area contributed by atoms with Crippen LogP contribution in [-0.2, 0) is 0 Å². The Kier molecular flexibility index (Phi) is 3.79. The molecule has 1 aromatic carbocycles. The first-order chi connectivity index (χ1) is 10.2. The summed E-state index contributed by atoms with van der Waals surface area (Å²) < 4.78 is 13.2. The van der Waals surface area contributed by atoms with Crippen molar-refractivity contribution in [3.63, 3.8) is 0 Å². The van der Waals surface area contributed by atoms with Crippen LogP contribution in [0, 0.1) is 5.82 Å². The molecule has 104 valence electrons. The summed E-state index contributed by atoms with van der Waals surface area (Å²) in [6, 6.07) is 13.5. The maximum atomic E-state index is 13.2. The molecule has 3 nitrogen and oxygen atoms in total. The molecule has 2 aromatic heterocycles. The number of nitrogens with one attached hydrogen (secondary N) is 1. The summed E-state index contributed by atoms with van der Waals surface area (Å²) in [5, 5.41) is 3.47. The van der Waals surface area contributed by atoms with Crippen molar-refractivity contribution in [3.8, 4) is 11.3 Å². The number of halogens is 2. The average Bonchev–Trinajstić information content (AvgIpc) is 2.47. The van der Waals surface area contributed by atoms with Crippen LogP contribution in [0.2, 0.25) is 5.15 Å². The molecule has 0 aliphatic carbocycles. The Morgan fingerprint density at radius 2 is 1.90 bits per heavy atom. The van der Waals surface area contributed by atoms with Crippen molar-refractivity contribution in [2.75, 3.05) is 5.32 Å². The van der Waals surface area contributed by atoms with Crippen LogP contribution in [0.4, 0.5) is 15.8 Å². The quantitative estimate of drug-likeness (QED) is 0.714. The van der Waals surface area contributed by atoms with Crippen molar-refractivity contribution < 1.29 is 4.39 Å².